The molecule has 7 N–H and O–H groups in total. The number of hydrogen-bond acceptors (Lipinski definition) is 19. The lowest BCUT2D eigenvalue weighted by atomic mass is 9.43. The predicted octanol–water partition coefficient (Wildman–Crippen LogP) is 1.64. The highest BCUT2D eigenvalue weighted by molar-refractivity contribution is 5.85. The third-order valence-electron chi connectivity index (χ3n) is 18.3. The van der Waals surface area contributed by atoms with Crippen LogP contribution in [0.25, 0.3) is 0 Å². The molecule has 68 heavy (non-hydrogen) atoms. The summed E-state index contributed by atoms with van der Waals surface area (Å²) in [6.07, 6.45) is -7.65. The summed E-state index contributed by atoms with van der Waals surface area (Å²) in [5, 5.41) is 76.1. The molecule has 0 aromatic heterocycles. The lowest BCUT2D eigenvalue weighted by Gasteiger charge is -2.64. The summed E-state index contributed by atoms with van der Waals surface area (Å²) in [4.78, 5) is 24.2. The van der Waals surface area contributed by atoms with Crippen molar-refractivity contribution in [2.24, 2.45) is 34.5 Å². The van der Waals surface area contributed by atoms with Crippen LogP contribution in [0.1, 0.15) is 119 Å². The molecule has 4 saturated heterocycles. The van der Waals surface area contributed by atoms with Gasteiger partial charge < -0.3 is 83.1 Å². The molecule has 386 valence electrons. The Morgan fingerprint density at radius 2 is 1.34 bits per heavy atom. The van der Waals surface area contributed by atoms with Crippen molar-refractivity contribution in [2.75, 3.05) is 13.2 Å². The molecule has 9 aliphatic rings. The Hall–Kier alpha value is -1.92. The monoisotopic (exact) mass is 968 g/mol. The molecule has 4 saturated carbocycles. The number of hydrogen-bond donors (Lipinski definition) is 7. The summed E-state index contributed by atoms with van der Waals surface area (Å²) in [6.45, 7) is 10.8. The molecule has 0 aromatic carbocycles. The number of carbonyl (C=O) groups is 2. The smallest absolute Gasteiger partial charge is 0.331 e. The van der Waals surface area contributed by atoms with Crippen LogP contribution in [0, 0.1) is 34.5 Å². The fourth-order valence-electron chi connectivity index (χ4n) is 14.6. The molecule has 0 radical (unpaired) electrons. The summed E-state index contributed by atoms with van der Waals surface area (Å²) >= 11 is 0. The second-order valence-electron chi connectivity index (χ2n) is 22.1. The molecule has 0 amide bonds. The van der Waals surface area contributed by atoms with Gasteiger partial charge in [-0.15, -0.1) is 0 Å². The summed E-state index contributed by atoms with van der Waals surface area (Å²) in [7, 11) is 0. The van der Waals surface area contributed by atoms with Crippen LogP contribution in [0.2, 0.25) is 0 Å². The van der Waals surface area contributed by atoms with E-state index < -0.39 is 123 Å². The van der Waals surface area contributed by atoms with Gasteiger partial charge in [-0.25, -0.2) is 4.79 Å². The van der Waals surface area contributed by atoms with Crippen LogP contribution in [-0.2, 0) is 57.0 Å². The number of aliphatic hydroxyl groups excluding tert-OH is 6. The molecule has 0 aromatic rings. The van der Waals surface area contributed by atoms with Gasteiger partial charge in [-0.05, 0) is 113 Å². The Morgan fingerprint density at radius 1 is 0.706 bits per heavy atom. The molecule has 8 fully saturated rings. The SMILES string of the molecule is CC(=O)O[C@@H]1C[C@H](O[C@H]2C(O)CC(OC3[C@H](O)C[C@@H](OC4CC[C@@]5(C)[C@@H](CC[C@@H]6[C@@H]5CCC5(C)[C@H](C7=CC(=O)OC7)CC[C@@]65O)C4)O[C@@H]3C)O[C@H]2C)O[C@H](C)C1OC1OC(CO)[C@H](O)[C@@H](O)[C@@H]1O. The van der Waals surface area contributed by atoms with Crippen molar-refractivity contribution in [1.29, 1.82) is 0 Å². The maximum Gasteiger partial charge on any atom is 0.331 e. The Bertz CT molecular complexity index is 1810. The van der Waals surface area contributed by atoms with Crippen LogP contribution < -0.4 is 0 Å². The number of carbonyl (C=O) groups excluding carboxylic acids is 2. The van der Waals surface area contributed by atoms with Crippen molar-refractivity contribution in [1.82, 2.24) is 0 Å². The maximum absolute atomic E-state index is 12.6. The minimum atomic E-state index is -1.68. The van der Waals surface area contributed by atoms with Crippen molar-refractivity contribution in [3.8, 4) is 0 Å². The lowest BCUT2D eigenvalue weighted by Crippen LogP contribution is -2.62. The number of fused-ring (bicyclic) bond motifs is 5. The highest BCUT2D eigenvalue weighted by atomic mass is 16.8. The number of aliphatic hydroxyl groups is 7. The van der Waals surface area contributed by atoms with E-state index in [0.29, 0.717) is 18.4 Å². The standard InChI is InChI=1S/C49H76O19/c1-22-43(66-38-18-33(53)44(23(2)61-38)67-39-19-34(63-25(4)51)45(24(3)62-39)68-46-42(57)41(56)40(55)35(20-50)65-46)32(52)17-37(60-22)64-28-9-12-47(5)27(16-28)7-8-31-30(47)10-13-48(6)29(11-14-49(31,48)58)26-15-36(54)59-21-26/h15,22-24,27-35,37-46,50,52-53,55-58H,7-14,16-21H2,1-6H3/t22-,23+,24-,27+,28?,29+,30+,31-,32-,33?,34-,35?,37-,38?,39+,40+,41-,42+,43?,44-,45?,46?,47+,48?,49-/m1/s1. The molecule has 19 nitrogen and oxygen atoms in total. The number of ether oxygens (including phenoxy) is 10. The first-order valence-electron chi connectivity index (χ1n) is 25.2. The highest BCUT2D eigenvalue weighted by Gasteiger charge is 2.68. The molecule has 4 aliphatic carbocycles. The van der Waals surface area contributed by atoms with Gasteiger partial charge in [0, 0.05) is 37.7 Å². The number of esters is 2. The summed E-state index contributed by atoms with van der Waals surface area (Å²) in [6, 6.07) is 0. The van der Waals surface area contributed by atoms with E-state index in [0.717, 1.165) is 63.4 Å². The summed E-state index contributed by atoms with van der Waals surface area (Å²) < 4.78 is 60.2. The van der Waals surface area contributed by atoms with Crippen LogP contribution in [0.3, 0.4) is 0 Å². The minimum Gasteiger partial charge on any atom is -0.459 e. The Kier molecular flexibility index (Phi) is 14.9. The van der Waals surface area contributed by atoms with Crippen LogP contribution in [0.15, 0.2) is 11.6 Å². The maximum atomic E-state index is 12.6. The number of cyclic esters (lactones) is 1. The van der Waals surface area contributed by atoms with E-state index in [1.807, 2.05) is 6.92 Å². The molecule has 19 heteroatoms. The van der Waals surface area contributed by atoms with E-state index in [-0.39, 0.29) is 54.0 Å². The van der Waals surface area contributed by atoms with Crippen LogP contribution in [0.5, 0.6) is 0 Å². The molecule has 8 unspecified atom stereocenters. The Morgan fingerprint density at radius 3 is 1.94 bits per heavy atom. The fourth-order valence-corrected chi connectivity index (χ4v) is 14.6. The molecule has 5 aliphatic heterocycles. The van der Waals surface area contributed by atoms with Crippen molar-refractivity contribution < 1.29 is 92.7 Å². The number of rotatable bonds is 11. The first kappa shape index (κ1) is 51.0. The molecular weight excluding hydrogens is 893 g/mol. The van der Waals surface area contributed by atoms with Crippen molar-refractivity contribution in [3.05, 3.63) is 11.6 Å². The summed E-state index contributed by atoms with van der Waals surface area (Å²) in [5.74, 6) is 0.357. The molecule has 5 heterocycles. The zero-order valence-electron chi connectivity index (χ0n) is 40.2. The van der Waals surface area contributed by atoms with Gasteiger partial charge in [-0.1, -0.05) is 13.8 Å². The largest absolute Gasteiger partial charge is 0.459 e. The van der Waals surface area contributed by atoms with E-state index in [9.17, 15) is 45.3 Å². The van der Waals surface area contributed by atoms with Crippen molar-refractivity contribution in [2.45, 2.75) is 235 Å². The average molecular weight is 969 g/mol. The van der Waals surface area contributed by atoms with Gasteiger partial charge >= 0.3 is 11.9 Å². The van der Waals surface area contributed by atoms with Gasteiger partial charge in [-0.2, -0.15) is 0 Å². The third kappa shape index (κ3) is 9.36. The van der Waals surface area contributed by atoms with Gasteiger partial charge in [0.05, 0.1) is 48.8 Å². The quantitative estimate of drug-likeness (QED) is 0.115. The lowest BCUT2D eigenvalue weighted by molar-refractivity contribution is -0.355. The first-order chi connectivity index (χ1) is 32.2. The average Bonchev–Trinajstić information content (AvgIpc) is 3.83. The fraction of sp³-hybridized carbons (Fsp3) is 0.918. The topological polar surface area (TPSA) is 268 Å². The Balaban J connectivity index is 0.746. The van der Waals surface area contributed by atoms with E-state index in [1.54, 1.807) is 19.9 Å². The molecule has 25 atom stereocenters. The minimum absolute atomic E-state index is 0.0126. The van der Waals surface area contributed by atoms with Crippen molar-refractivity contribution >= 4 is 11.9 Å². The van der Waals surface area contributed by atoms with Gasteiger partial charge in [0.1, 0.15) is 55.4 Å². The zero-order chi connectivity index (χ0) is 48.6. The second-order valence-corrected chi connectivity index (χ2v) is 22.1. The first-order valence-corrected chi connectivity index (χ1v) is 25.2. The predicted molar refractivity (Wildman–Crippen MR) is 233 cm³/mol. The third-order valence-corrected chi connectivity index (χ3v) is 18.3. The van der Waals surface area contributed by atoms with Crippen molar-refractivity contribution in [3.63, 3.8) is 0 Å². The van der Waals surface area contributed by atoms with Crippen LogP contribution in [0.4, 0.5) is 0 Å². The van der Waals surface area contributed by atoms with E-state index in [1.165, 1.54) is 6.92 Å². The second kappa shape index (κ2) is 19.8. The molecular formula is C49H76O19. The normalized spacial score (nSPS) is 52.8. The van der Waals surface area contributed by atoms with Gasteiger partial charge in [0.15, 0.2) is 25.2 Å². The summed E-state index contributed by atoms with van der Waals surface area (Å²) in [5.41, 5.74) is 0.0925. The van der Waals surface area contributed by atoms with E-state index in [4.69, 9.17) is 47.4 Å². The Labute approximate surface area is 398 Å². The molecule has 0 bridgehead atoms. The van der Waals surface area contributed by atoms with Crippen LogP contribution >= 0.6 is 0 Å². The molecule has 9 rings (SSSR count). The highest BCUT2D eigenvalue weighted by Crippen LogP contribution is 2.70. The zero-order valence-corrected chi connectivity index (χ0v) is 40.2. The molecule has 0 spiro atoms. The van der Waals surface area contributed by atoms with E-state index >= 15 is 0 Å². The van der Waals surface area contributed by atoms with Gasteiger partial charge in [0.25, 0.3) is 0 Å². The van der Waals surface area contributed by atoms with Gasteiger partial charge in [0.2, 0.25) is 0 Å². The van der Waals surface area contributed by atoms with E-state index in [2.05, 4.69) is 13.8 Å². The van der Waals surface area contributed by atoms with Gasteiger partial charge in [-0.3, -0.25) is 4.79 Å². The van der Waals surface area contributed by atoms with Crippen LogP contribution in [-0.4, -0.2) is 177 Å².